The lowest BCUT2D eigenvalue weighted by Gasteiger charge is -2.32. The van der Waals surface area contributed by atoms with E-state index in [0.717, 1.165) is 19.3 Å². The summed E-state index contributed by atoms with van der Waals surface area (Å²) in [6, 6.07) is 0.648. The fraction of sp³-hybridized carbons (Fsp3) is 0.882. The predicted octanol–water partition coefficient (Wildman–Crippen LogP) is 2.88. The minimum Gasteiger partial charge on any atom is -0.395 e. The van der Waals surface area contributed by atoms with E-state index in [0.29, 0.717) is 23.8 Å². The second-order valence-corrected chi connectivity index (χ2v) is 7.94. The highest BCUT2D eigenvalue weighted by Gasteiger charge is 2.37. The average molecular weight is 315 g/mol. The van der Waals surface area contributed by atoms with Crippen LogP contribution < -0.4 is 10.6 Å². The predicted molar refractivity (Wildman–Crippen MR) is 89.5 cm³/mol. The summed E-state index contributed by atoms with van der Waals surface area (Å²) in [7, 11) is 0. The first kappa shape index (κ1) is 17.3. The van der Waals surface area contributed by atoms with Crippen molar-refractivity contribution in [2.75, 3.05) is 6.61 Å². The van der Waals surface area contributed by atoms with E-state index in [1.165, 1.54) is 5.57 Å². The number of allylic oxidation sites excluding steroid dienone is 1. The van der Waals surface area contributed by atoms with E-state index in [9.17, 15) is 5.11 Å². The van der Waals surface area contributed by atoms with Gasteiger partial charge in [-0.15, -0.1) is 11.6 Å². The number of rotatable bonds is 5. The summed E-state index contributed by atoms with van der Waals surface area (Å²) in [6.45, 7) is 9.17. The first-order chi connectivity index (χ1) is 9.90. The van der Waals surface area contributed by atoms with E-state index < -0.39 is 0 Å². The molecule has 1 heterocycles. The Morgan fingerprint density at radius 1 is 1.38 bits per heavy atom. The molecule has 0 radical (unpaired) electrons. The highest BCUT2D eigenvalue weighted by molar-refractivity contribution is 6.20. The second kappa shape index (κ2) is 7.45. The van der Waals surface area contributed by atoms with Gasteiger partial charge in [-0.25, -0.2) is 0 Å². The molecule has 0 spiro atoms. The molecule has 1 aliphatic carbocycles. The smallest absolute Gasteiger partial charge is 0.0644 e. The van der Waals surface area contributed by atoms with E-state index >= 15 is 0 Å². The maximum Gasteiger partial charge on any atom is 0.0644 e. The van der Waals surface area contributed by atoms with Crippen molar-refractivity contribution in [3.63, 3.8) is 0 Å². The normalized spacial score (nSPS) is 38.6. The lowest BCUT2D eigenvalue weighted by molar-refractivity contribution is 0.245. The molecule has 21 heavy (non-hydrogen) atoms. The van der Waals surface area contributed by atoms with Crippen LogP contribution in [0, 0.1) is 17.8 Å². The molecule has 2 aliphatic rings. The summed E-state index contributed by atoms with van der Waals surface area (Å²) in [5, 5.41) is 17.0. The van der Waals surface area contributed by atoms with E-state index in [2.05, 4.69) is 44.4 Å². The molecule has 0 aromatic carbocycles. The third kappa shape index (κ3) is 4.44. The molecule has 6 atom stereocenters. The van der Waals surface area contributed by atoms with Crippen LogP contribution in [0.15, 0.2) is 11.6 Å². The van der Waals surface area contributed by atoms with Gasteiger partial charge in [-0.05, 0) is 38.0 Å². The fourth-order valence-corrected chi connectivity index (χ4v) is 3.99. The van der Waals surface area contributed by atoms with Gasteiger partial charge in [0.05, 0.1) is 12.8 Å². The zero-order valence-electron chi connectivity index (χ0n) is 13.8. The van der Waals surface area contributed by atoms with Crippen molar-refractivity contribution >= 4 is 11.6 Å². The Bertz CT molecular complexity index is 372. The van der Waals surface area contributed by atoms with E-state index in [1.54, 1.807) is 0 Å². The highest BCUT2D eigenvalue weighted by atomic mass is 35.5. The number of halogens is 1. The number of nitrogens with one attached hydrogen (secondary N) is 2. The molecule has 0 amide bonds. The Morgan fingerprint density at radius 3 is 2.67 bits per heavy atom. The first-order valence-corrected chi connectivity index (χ1v) is 8.82. The van der Waals surface area contributed by atoms with Gasteiger partial charge in [-0.2, -0.15) is 0 Å². The van der Waals surface area contributed by atoms with Crippen LogP contribution in [0.5, 0.6) is 0 Å². The van der Waals surface area contributed by atoms with Gasteiger partial charge in [-0.3, -0.25) is 10.6 Å². The second-order valence-electron chi connectivity index (χ2n) is 7.32. The van der Waals surface area contributed by atoms with Crippen LogP contribution in [0.1, 0.15) is 47.0 Å². The summed E-state index contributed by atoms with van der Waals surface area (Å²) < 4.78 is 0. The molecule has 2 rings (SSSR count). The van der Waals surface area contributed by atoms with Crippen LogP contribution in [-0.2, 0) is 0 Å². The van der Waals surface area contributed by atoms with Crippen molar-refractivity contribution in [1.29, 1.82) is 0 Å². The lowest BCUT2D eigenvalue weighted by atomic mass is 9.82. The van der Waals surface area contributed by atoms with Crippen molar-refractivity contribution in [1.82, 2.24) is 10.6 Å². The quantitative estimate of drug-likeness (QED) is 0.540. The monoisotopic (exact) mass is 314 g/mol. The van der Waals surface area contributed by atoms with E-state index in [4.69, 9.17) is 11.6 Å². The van der Waals surface area contributed by atoms with Crippen LogP contribution in [0.25, 0.3) is 0 Å². The number of alkyl halides is 1. The zero-order valence-corrected chi connectivity index (χ0v) is 14.5. The van der Waals surface area contributed by atoms with Crippen LogP contribution >= 0.6 is 11.6 Å². The number of hydrogen-bond acceptors (Lipinski definition) is 3. The minimum atomic E-state index is 0.193. The molecule has 4 heteroatoms. The largest absolute Gasteiger partial charge is 0.395 e. The molecule has 122 valence electrons. The Morgan fingerprint density at radius 2 is 2.10 bits per heavy atom. The van der Waals surface area contributed by atoms with Gasteiger partial charge >= 0.3 is 0 Å². The van der Waals surface area contributed by atoms with Crippen LogP contribution in [0.2, 0.25) is 0 Å². The lowest BCUT2D eigenvalue weighted by Crippen LogP contribution is -2.50. The van der Waals surface area contributed by atoms with Gasteiger partial charge < -0.3 is 5.11 Å². The van der Waals surface area contributed by atoms with E-state index in [1.807, 2.05) is 0 Å². The minimum absolute atomic E-state index is 0.193. The SMILES string of the molecule is CC(C)[C@@H](C)NC1NC(CO)CC1C1=C[C@@H](C)CC(Cl)C1. The standard InChI is InChI=1S/C17H31ClN2O/c1-10(2)12(4)19-17-16(8-15(9-21)20-17)13-5-11(3)6-14(18)7-13/h5,10-12,14-17,19-21H,6-9H2,1-4H3/t11-,12-,14?,15?,16?,17?/m1/s1. The summed E-state index contributed by atoms with van der Waals surface area (Å²) in [5.41, 5.74) is 1.48. The number of aliphatic hydroxyl groups is 1. The molecule has 0 aromatic rings. The van der Waals surface area contributed by atoms with Crippen molar-refractivity contribution < 1.29 is 5.11 Å². The molecule has 0 aromatic heterocycles. The van der Waals surface area contributed by atoms with Gasteiger partial charge in [0.25, 0.3) is 0 Å². The van der Waals surface area contributed by atoms with Crippen molar-refractivity contribution in [2.24, 2.45) is 17.8 Å². The van der Waals surface area contributed by atoms with Crippen molar-refractivity contribution in [3.8, 4) is 0 Å². The van der Waals surface area contributed by atoms with Crippen molar-refractivity contribution in [3.05, 3.63) is 11.6 Å². The Kier molecular flexibility index (Phi) is 6.13. The summed E-state index contributed by atoms with van der Waals surface area (Å²) in [5.74, 6) is 1.61. The van der Waals surface area contributed by atoms with Crippen molar-refractivity contribution in [2.45, 2.75) is 70.6 Å². The molecule has 0 saturated carbocycles. The van der Waals surface area contributed by atoms with Crippen LogP contribution in [-0.4, -0.2) is 35.3 Å². The molecule has 1 aliphatic heterocycles. The Labute approximate surface area is 134 Å². The van der Waals surface area contributed by atoms with Crippen LogP contribution in [0.4, 0.5) is 0 Å². The summed E-state index contributed by atoms with van der Waals surface area (Å²) in [6.07, 6.45) is 5.74. The summed E-state index contributed by atoms with van der Waals surface area (Å²) in [4.78, 5) is 0. The first-order valence-electron chi connectivity index (χ1n) is 8.38. The number of hydrogen-bond donors (Lipinski definition) is 3. The molecule has 1 fully saturated rings. The molecule has 4 unspecified atom stereocenters. The molecule has 1 saturated heterocycles. The highest BCUT2D eigenvalue weighted by Crippen LogP contribution is 2.36. The van der Waals surface area contributed by atoms with Gasteiger partial charge in [0, 0.05) is 23.4 Å². The maximum atomic E-state index is 9.51. The molecular formula is C17H31ClN2O. The topological polar surface area (TPSA) is 44.3 Å². The molecule has 3 nitrogen and oxygen atoms in total. The number of aliphatic hydroxyl groups excluding tert-OH is 1. The third-order valence-corrected chi connectivity index (χ3v) is 5.41. The van der Waals surface area contributed by atoms with Gasteiger partial charge in [0.15, 0.2) is 0 Å². The van der Waals surface area contributed by atoms with Gasteiger partial charge in [0.1, 0.15) is 0 Å². The fourth-order valence-electron chi connectivity index (χ4n) is 3.53. The third-order valence-electron chi connectivity index (χ3n) is 5.08. The van der Waals surface area contributed by atoms with Gasteiger partial charge in [0.2, 0.25) is 0 Å². The molecule has 0 bridgehead atoms. The Balaban J connectivity index is 2.10. The Hall–Kier alpha value is -0.0900. The van der Waals surface area contributed by atoms with E-state index in [-0.39, 0.29) is 24.2 Å². The molecular weight excluding hydrogens is 284 g/mol. The van der Waals surface area contributed by atoms with Crippen LogP contribution in [0.3, 0.4) is 0 Å². The molecule has 3 N–H and O–H groups in total. The average Bonchev–Trinajstić information content (AvgIpc) is 2.80. The maximum absolute atomic E-state index is 9.51. The summed E-state index contributed by atoms with van der Waals surface area (Å²) >= 11 is 6.43. The van der Waals surface area contributed by atoms with Gasteiger partial charge in [-0.1, -0.05) is 32.4 Å². The zero-order chi connectivity index (χ0) is 15.6.